The van der Waals surface area contributed by atoms with Crippen LogP contribution >= 0.6 is 0 Å². The molecule has 21 heavy (non-hydrogen) atoms. The lowest BCUT2D eigenvalue weighted by Crippen LogP contribution is -2.44. The zero-order valence-electron chi connectivity index (χ0n) is 11.9. The monoisotopic (exact) mass is 282 g/mol. The molecule has 2 aromatic carbocycles. The molecule has 1 aliphatic heterocycles. The van der Waals surface area contributed by atoms with Crippen LogP contribution in [-0.2, 0) is 17.8 Å². The van der Waals surface area contributed by atoms with Gasteiger partial charge in [-0.2, -0.15) is 0 Å². The van der Waals surface area contributed by atoms with E-state index in [0.29, 0.717) is 18.7 Å². The fourth-order valence-corrected chi connectivity index (χ4v) is 2.56. The van der Waals surface area contributed by atoms with Crippen LogP contribution in [0.4, 0.5) is 5.69 Å². The molecule has 108 valence electrons. The molecule has 0 radical (unpaired) electrons. The van der Waals surface area contributed by atoms with Crippen LogP contribution in [0.15, 0.2) is 42.5 Å². The number of phenols is 1. The van der Waals surface area contributed by atoms with Gasteiger partial charge in [0.1, 0.15) is 5.75 Å². The van der Waals surface area contributed by atoms with E-state index in [-0.39, 0.29) is 17.7 Å². The summed E-state index contributed by atoms with van der Waals surface area (Å²) in [6, 6.07) is 13.1. The van der Waals surface area contributed by atoms with Gasteiger partial charge >= 0.3 is 0 Å². The second-order valence-electron chi connectivity index (χ2n) is 5.40. The topological polar surface area (TPSA) is 61.4 Å². The van der Waals surface area contributed by atoms with Gasteiger partial charge in [0.25, 0.3) is 0 Å². The minimum Gasteiger partial charge on any atom is -0.508 e. The van der Waals surface area contributed by atoms with E-state index in [1.807, 2.05) is 19.1 Å². The predicted octanol–water partition coefficient (Wildman–Crippen LogP) is 2.35. The number of nitrogens with one attached hydrogen (secondary N) is 2. The average molecular weight is 282 g/mol. The maximum atomic E-state index is 12.3. The van der Waals surface area contributed by atoms with Crippen LogP contribution in [0.3, 0.4) is 0 Å². The fourth-order valence-electron chi connectivity index (χ4n) is 2.56. The minimum absolute atomic E-state index is 0.0762. The van der Waals surface area contributed by atoms with E-state index in [2.05, 4.69) is 22.8 Å². The molecule has 1 atom stereocenters. The van der Waals surface area contributed by atoms with Crippen molar-refractivity contribution in [2.24, 2.45) is 0 Å². The van der Waals surface area contributed by atoms with Gasteiger partial charge < -0.3 is 15.7 Å². The zero-order valence-corrected chi connectivity index (χ0v) is 11.9. The maximum Gasteiger partial charge on any atom is 0.241 e. The van der Waals surface area contributed by atoms with Crippen molar-refractivity contribution < 1.29 is 9.90 Å². The Bertz CT molecular complexity index is 682. The number of aryl methyl sites for hydroxylation is 1. The molecule has 0 bridgehead atoms. The molecule has 2 aromatic rings. The van der Waals surface area contributed by atoms with Gasteiger partial charge in [-0.1, -0.05) is 30.3 Å². The number of fused-ring (bicyclic) bond motifs is 1. The molecule has 0 fully saturated rings. The summed E-state index contributed by atoms with van der Waals surface area (Å²) in [4.78, 5) is 12.3. The smallest absolute Gasteiger partial charge is 0.241 e. The third-order valence-corrected chi connectivity index (χ3v) is 3.87. The first-order valence-corrected chi connectivity index (χ1v) is 7.04. The Morgan fingerprint density at radius 2 is 2.00 bits per heavy atom. The Labute approximate surface area is 123 Å². The number of amides is 1. The summed E-state index contributed by atoms with van der Waals surface area (Å²) in [7, 11) is 0. The molecule has 1 amide bonds. The van der Waals surface area contributed by atoms with Crippen LogP contribution in [0.5, 0.6) is 5.75 Å². The molecule has 4 heteroatoms. The van der Waals surface area contributed by atoms with Crippen LogP contribution in [0.1, 0.15) is 16.7 Å². The van der Waals surface area contributed by atoms with E-state index in [1.165, 1.54) is 11.1 Å². The third kappa shape index (κ3) is 2.90. The van der Waals surface area contributed by atoms with Gasteiger partial charge in [-0.3, -0.25) is 4.79 Å². The van der Waals surface area contributed by atoms with Gasteiger partial charge in [0, 0.05) is 18.3 Å². The van der Waals surface area contributed by atoms with E-state index in [9.17, 15) is 9.90 Å². The van der Waals surface area contributed by atoms with Crippen LogP contribution in [0, 0.1) is 6.92 Å². The summed E-state index contributed by atoms with van der Waals surface area (Å²) in [6.45, 7) is 2.52. The molecule has 0 aliphatic carbocycles. The summed E-state index contributed by atoms with van der Waals surface area (Å²) in [5.41, 5.74) is 3.86. The molecule has 1 aliphatic rings. The van der Waals surface area contributed by atoms with Crippen LogP contribution in [0.2, 0.25) is 0 Å². The maximum absolute atomic E-state index is 12.3. The zero-order chi connectivity index (χ0) is 14.8. The van der Waals surface area contributed by atoms with Gasteiger partial charge in [-0.05, 0) is 36.1 Å². The highest BCUT2D eigenvalue weighted by Gasteiger charge is 2.23. The van der Waals surface area contributed by atoms with E-state index in [0.717, 1.165) is 5.56 Å². The van der Waals surface area contributed by atoms with Gasteiger partial charge in [0.05, 0.1) is 6.04 Å². The van der Waals surface area contributed by atoms with E-state index >= 15 is 0 Å². The highest BCUT2D eigenvalue weighted by molar-refractivity contribution is 5.95. The lowest BCUT2D eigenvalue weighted by Gasteiger charge is -2.25. The first-order chi connectivity index (χ1) is 10.1. The molecule has 0 unspecified atom stereocenters. The number of phenolic OH excluding ortho intramolecular Hbond substituents is 1. The van der Waals surface area contributed by atoms with E-state index < -0.39 is 0 Å². The molecule has 3 N–H and O–H groups in total. The summed E-state index contributed by atoms with van der Waals surface area (Å²) < 4.78 is 0. The number of hydrogen-bond donors (Lipinski definition) is 3. The lowest BCUT2D eigenvalue weighted by molar-refractivity contribution is -0.118. The van der Waals surface area contributed by atoms with Crippen molar-refractivity contribution in [2.45, 2.75) is 25.9 Å². The third-order valence-electron chi connectivity index (χ3n) is 3.87. The molecule has 0 aromatic heterocycles. The number of rotatable bonds is 2. The molecule has 1 heterocycles. The quantitative estimate of drug-likeness (QED) is 0.792. The minimum atomic E-state index is -0.247. The number of anilines is 1. The predicted molar refractivity (Wildman–Crippen MR) is 82.2 cm³/mol. The van der Waals surface area contributed by atoms with Crippen molar-refractivity contribution in [1.29, 1.82) is 0 Å². The largest absolute Gasteiger partial charge is 0.508 e. The van der Waals surface area contributed by atoms with Crippen molar-refractivity contribution in [3.63, 3.8) is 0 Å². The second kappa shape index (κ2) is 5.58. The Hall–Kier alpha value is -2.33. The van der Waals surface area contributed by atoms with E-state index in [1.54, 1.807) is 18.2 Å². The highest BCUT2D eigenvalue weighted by atomic mass is 16.3. The number of hydrogen-bond acceptors (Lipinski definition) is 3. The Morgan fingerprint density at radius 1 is 1.24 bits per heavy atom. The van der Waals surface area contributed by atoms with Crippen molar-refractivity contribution in [2.75, 3.05) is 5.32 Å². The van der Waals surface area contributed by atoms with Crippen molar-refractivity contribution in [3.8, 4) is 5.75 Å². The number of benzene rings is 2. The van der Waals surface area contributed by atoms with Crippen LogP contribution in [0.25, 0.3) is 0 Å². The Morgan fingerprint density at radius 3 is 2.76 bits per heavy atom. The highest BCUT2D eigenvalue weighted by Crippen LogP contribution is 2.22. The fraction of sp³-hybridized carbons (Fsp3) is 0.235. The molecule has 0 saturated carbocycles. The lowest BCUT2D eigenvalue weighted by atomic mass is 9.95. The summed E-state index contributed by atoms with van der Waals surface area (Å²) in [5, 5.41) is 15.8. The average Bonchev–Trinajstić information content (AvgIpc) is 2.50. The Kier molecular flexibility index (Phi) is 3.62. The van der Waals surface area contributed by atoms with Crippen molar-refractivity contribution in [1.82, 2.24) is 5.32 Å². The number of aromatic hydroxyl groups is 1. The molecular weight excluding hydrogens is 264 g/mol. The normalized spacial score (nSPS) is 17.1. The standard InChI is InChI=1S/C17H18N2O2/c1-11-6-7-14(9-16(11)20)19-17(21)15-8-12-4-2-3-5-13(12)10-18-15/h2-7,9,15,18,20H,8,10H2,1H3,(H,19,21)/t15-/m1/s1. The number of carbonyl (C=O) groups is 1. The van der Waals surface area contributed by atoms with Crippen LogP contribution < -0.4 is 10.6 Å². The Balaban J connectivity index is 1.70. The summed E-state index contributed by atoms with van der Waals surface area (Å²) in [5.74, 6) is 0.113. The molecule has 0 spiro atoms. The molecule has 0 saturated heterocycles. The first-order valence-electron chi connectivity index (χ1n) is 7.04. The first kappa shape index (κ1) is 13.6. The van der Waals surface area contributed by atoms with Gasteiger partial charge in [0.2, 0.25) is 5.91 Å². The molecule has 4 nitrogen and oxygen atoms in total. The molecule has 3 rings (SSSR count). The van der Waals surface area contributed by atoms with Gasteiger partial charge in [-0.15, -0.1) is 0 Å². The van der Waals surface area contributed by atoms with Crippen molar-refractivity contribution in [3.05, 3.63) is 59.2 Å². The number of carbonyl (C=O) groups excluding carboxylic acids is 1. The van der Waals surface area contributed by atoms with Crippen molar-refractivity contribution >= 4 is 11.6 Å². The second-order valence-corrected chi connectivity index (χ2v) is 5.40. The van der Waals surface area contributed by atoms with Gasteiger partial charge in [0.15, 0.2) is 0 Å². The summed E-state index contributed by atoms with van der Waals surface area (Å²) >= 11 is 0. The SMILES string of the molecule is Cc1ccc(NC(=O)[C@H]2Cc3ccccc3CN2)cc1O. The van der Waals surface area contributed by atoms with E-state index in [4.69, 9.17) is 0 Å². The summed E-state index contributed by atoms with van der Waals surface area (Å²) in [6.07, 6.45) is 0.680. The van der Waals surface area contributed by atoms with Crippen LogP contribution in [-0.4, -0.2) is 17.1 Å². The van der Waals surface area contributed by atoms with Gasteiger partial charge in [-0.25, -0.2) is 0 Å². The molecular formula is C17H18N2O2.